The molecule has 210 valence electrons. The Bertz CT molecular complexity index is 985. The SMILES string of the molecule is CC(C)C[C@H](N)C(=O)N[C@H](C(=O)N[C@@H](Cc1ccccc1)C(=O)N1CCC[C@H]1C(=O)NCC(=O)O)[C@@H](C)O. The first-order chi connectivity index (χ1) is 17.9. The fourth-order valence-electron chi connectivity index (χ4n) is 4.38. The summed E-state index contributed by atoms with van der Waals surface area (Å²) in [5.41, 5.74) is 6.67. The van der Waals surface area contributed by atoms with Crippen molar-refractivity contribution in [1.29, 1.82) is 0 Å². The van der Waals surface area contributed by atoms with Crippen LogP contribution in [0, 0.1) is 5.92 Å². The molecule has 4 amide bonds. The molecule has 0 unspecified atom stereocenters. The highest BCUT2D eigenvalue weighted by molar-refractivity contribution is 5.95. The van der Waals surface area contributed by atoms with Gasteiger partial charge in [-0.05, 0) is 37.7 Å². The van der Waals surface area contributed by atoms with E-state index in [1.165, 1.54) is 11.8 Å². The van der Waals surface area contributed by atoms with Crippen LogP contribution in [0.5, 0.6) is 0 Å². The molecule has 1 heterocycles. The largest absolute Gasteiger partial charge is 0.480 e. The smallest absolute Gasteiger partial charge is 0.322 e. The lowest BCUT2D eigenvalue weighted by atomic mass is 10.0. The molecule has 0 aliphatic carbocycles. The van der Waals surface area contributed by atoms with Gasteiger partial charge in [0.1, 0.15) is 24.7 Å². The summed E-state index contributed by atoms with van der Waals surface area (Å²) in [6.45, 7) is 4.83. The van der Waals surface area contributed by atoms with Gasteiger partial charge in [0.15, 0.2) is 0 Å². The highest BCUT2D eigenvalue weighted by Gasteiger charge is 2.39. The van der Waals surface area contributed by atoms with E-state index in [1.54, 1.807) is 24.3 Å². The second-order valence-electron chi connectivity index (χ2n) is 10.0. The molecule has 0 spiro atoms. The van der Waals surface area contributed by atoms with Crippen molar-refractivity contribution in [2.45, 2.75) is 76.7 Å². The average Bonchev–Trinajstić information content (AvgIpc) is 3.34. The first-order valence-electron chi connectivity index (χ1n) is 12.8. The van der Waals surface area contributed by atoms with E-state index in [1.807, 2.05) is 19.9 Å². The van der Waals surface area contributed by atoms with Crippen LogP contribution in [0.1, 0.15) is 45.6 Å². The third-order valence-electron chi connectivity index (χ3n) is 6.27. The van der Waals surface area contributed by atoms with E-state index in [2.05, 4.69) is 16.0 Å². The summed E-state index contributed by atoms with van der Waals surface area (Å²) in [5.74, 6) is -3.55. The Morgan fingerprint density at radius 1 is 1.05 bits per heavy atom. The lowest BCUT2D eigenvalue weighted by Gasteiger charge is -2.30. The molecule has 7 N–H and O–H groups in total. The highest BCUT2D eigenvalue weighted by atomic mass is 16.4. The van der Waals surface area contributed by atoms with Crippen LogP contribution in [0.15, 0.2) is 30.3 Å². The molecule has 0 radical (unpaired) electrons. The van der Waals surface area contributed by atoms with Gasteiger partial charge in [-0.3, -0.25) is 24.0 Å². The fourth-order valence-corrected chi connectivity index (χ4v) is 4.38. The zero-order valence-corrected chi connectivity index (χ0v) is 22.1. The topological polar surface area (TPSA) is 191 Å². The fraction of sp³-hybridized carbons (Fsp3) is 0.577. The second-order valence-corrected chi connectivity index (χ2v) is 10.0. The number of nitrogens with two attached hydrogens (primary N) is 1. The number of aliphatic hydroxyl groups is 1. The van der Waals surface area contributed by atoms with Crippen LogP contribution in [-0.2, 0) is 30.4 Å². The molecule has 5 atom stereocenters. The second kappa shape index (κ2) is 14.4. The maximum Gasteiger partial charge on any atom is 0.322 e. The predicted molar refractivity (Wildman–Crippen MR) is 138 cm³/mol. The number of carbonyl (C=O) groups is 5. The molecule has 38 heavy (non-hydrogen) atoms. The Morgan fingerprint density at radius 2 is 1.71 bits per heavy atom. The molecule has 0 aromatic heterocycles. The molecule has 1 aromatic carbocycles. The molecule has 0 saturated carbocycles. The molecule has 1 aliphatic heterocycles. The molecular weight excluding hydrogens is 494 g/mol. The summed E-state index contributed by atoms with van der Waals surface area (Å²) in [5, 5.41) is 26.6. The number of amides is 4. The zero-order chi connectivity index (χ0) is 28.4. The van der Waals surface area contributed by atoms with Crippen LogP contribution in [-0.4, -0.2) is 88.1 Å². The zero-order valence-electron chi connectivity index (χ0n) is 22.1. The monoisotopic (exact) mass is 533 g/mol. The van der Waals surface area contributed by atoms with Gasteiger partial charge < -0.3 is 36.8 Å². The molecular formula is C26H39N5O7. The number of likely N-dealkylation sites (tertiary alicyclic amines) is 1. The lowest BCUT2D eigenvalue weighted by Crippen LogP contribution is -2.60. The normalized spacial score (nSPS) is 18.3. The summed E-state index contributed by atoms with van der Waals surface area (Å²) in [7, 11) is 0. The summed E-state index contributed by atoms with van der Waals surface area (Å²) in [4.78, 5) is 64.2. The van der Waals surface area contributed by atoms with Crippen LogP contribution in [0.4, 0.5) is 0 Å². The first-order valence-corrected chi connectivity index (χ1v) is 12.8. The van der Waals surface area contributed by atoms with Crippen molar-refractivity contribution >= 4 is 29.6 Å². The van der Waals surface area contributed by atoms with Crippen molar-refractivity contribution < 1.29 is 34.2 Å². The minimum absolute atomic E-state index is 0.0959. The molecule has 1 aromatic rings. The minimum Gasteiger partial charge on any atom is -0.480 e. The highest BCUT2D eigenvalue weighted by Crippen LogP contribution is 2.20. The maximum atomic E-state index is 13.6. The number of nitrogens with zero attached hydrogens (tertiary/aromatic N) is 1. The van der Waals surface area contributed by atoms with Gasteiger partial charge in [0.2, 0.25) is 23.6 Å². The van der Waals surface area contributed by atoms with Crippen molar-refractivity contribution in [2.24, 2.45) is 11.7 Å². The lowest BCUT2D eigenvalue weighted by molar-refractivity contribution is -0.143. The molecule has 1 fully saturated rings. The van der Waals surface area contributed by atoms with E-state index >= 15 is 0 Å². The van der Waals surface area contributed by atoms with Crippen molar-refractivity contribution in [3.8, 4) is 0 Å². The van der Waals surface area contributed by atoms with Gasteiger partial charge in [-0.25, -0.2) is 0 Å². The van der Waals surface area contributed by atoms with E-state index in [0.717, 1.165) is 5.56 Å². The van der Waals surface area contributed by atoms with Crippen molar-refractivity contribution in [1.82, 2.24) is 20.9 Å². The van der Waals surface area contributed by atoms with Crippen LogP contribution in [0.25, 0.3) is 0 Å². The number of aliphatic hydroxyl groups excluding tert-OH is 1. The Morgan fingerprint density at radius 3 is 2.29 bits per heavy atom. The van der Waals surface area contributed by atoms with Gasteiger partial charge in [-0.2, -0.15) is 0 Å². The van der Waals surface area contributed by atoms with E-state index < -0.39 is 66.4 Å². The van der Waals surface area contributed by atoms with Crippen LogP contribution in [0.3, 0.4) is 0 Å². The molecule has 0 bridgehead atoms. The number of rotatable bonds is 13. The third kappa shape index (κ3) is 9.10. The van der Waals surface area contributed by atoms with Gasteiger partial charge in [-0.15, -0.1) is 0 Å². The third-order valence-corrected chi connectivity index (χ3v) is 6.27. The molecule has 12 heteroatoms. The van der Waals surface area contributed by atoms with Crippen LogP contribution in [0.2, 0.25) is 0 Å². The van der Waals surface area contributed by atoms with Gasteiger partial charge in [0.05, 0.1) is 12.1 Å². The molecule has 1 aliphatic rings. The maximum absolute atomic E-state index is 13.6. The Balaban J connectivity index is 2.24. The first kappa shape index (κ1) is 30.7. The van der Waals surface area contributed by atoms with Crippen molar-refractivity contribution in [3.05, 3.63) is 35.9 Å². The van der Waals surface area contributed by atoms with Crippen molar-refractivity contribution in [3.63, 3.8) is 0 Å². The molecule has 2 rings (SSSR count). The van der Waals surface area contributed by atoms with Gasteiger partial charge in [0, 0.05) is 13.0 Å². The van der Waals surface area contributed by atoms with E-state index in [9.17, 15) is 29.1 Å². The molecule has 12 nitrogen and oxygen atoms in total. The standard InChI is InChI=1S/C26H39N5O7/c1-15(2)12-18(27)23(35)30-22(16(3)32)25(37)29-19(13-17-8-5-4-6-9-17)26(38)31-11-7-10-20(31)24(36)28-14-21(33)34/h4-6,8-9,15-16,18-20,22,32H,7,10-14,27H2,1-3H3,(H,28,36)(H,29,37)(H,30,35)(H,33,34)/t16-,18+,19+,20+,22+/m1/s1. The number of carboxylic acids is 1. The average molecular weight is 534 g/mol. The Hall–Kier alpha value is -3.51. The van der Waals surface area contributed by atoms with Crippen LogP contribution >= 0.6 is 0 Å². The van der Waals surface area contributed by atoms with E-state index in [-0.39, 0.29) is 18.9 Å². The summed E-state index contributed by atoms with van der Waals surface area (Å²) in [6.07, 6.45) is 0.0828. The van der Waals surface area contributed by atoms with E-state index in [0.29, 0.717) is 19.3 Å². The van der Waals surface area contributed by atoms with Crippen molar-refractivity contribution in [2.75, 3.05) is 13.1 Å². The number of carboxylic acid groups (broad SMARTS) is 1. The number of hydrogen-bond acceptors (Lipinski definition) is 7. The quantitative estimate of drug-likeness (QED) is 0.189. The predicted octanol–water partition coefficient (Wildman–Crippen LogP) is -0.855. The summed E-state index contributed by atoms with van der Waals surface area (Å²) < 4.78 is 0. The Kier molecular flexibility index (Phi) is 11.7. The van der Waals surface area contributed by atoms with Gasteiger partial charge in [0.25, 0.3) is 0 Å². The van der Waals surface area contributed by atoms with Crippen LogP contribution < -0.4 is 21.7 Å². The summed E-state index contributed by atoms with van der Waals surface area (Å²) >= 11 is 0. The minimum atomic E-state index is -1.36. The van der Waals surface area contributed by atoms with E-state index in [4.69, 9.17) is 10.8 Å². The summed E-state index contributed by atoms with van der Waals surface area (Å²) in [6, 6.07) is 4.72. The van der Waals surface area contributed by atoms with Gasteiger partial charge >= 0.3 is 5.97 Å². The number of carbonyl (C=O) groups excluding carboxylic acids is 4. The number of benzene rings is 1. The number of nitrogens with one attached hydrogen (secondary N) is 3. The van der Waals surface area contributed by atoms with Gasteiger partial charge in [-0.1, -0.05) is 44.2 Å². The molecule has 1 saturated heterocycles. The number of aliphatic carboxylic acids is 1. The number of hydrogen-bond donors (Lipinski definition) is 6. The Labute approximate surface area is 222 Å².